The summed E-state index contributed by atoms with van der Waals surface area (Å²) in [7, 11) is 0. The van der Waals surface area contributed by atoms with Gasteiger partial charge in [-0.3, -0.25) is 10.1 Å². The molecule has 1 aliphatic carbocycles. The predicted octanol–water partition coefficient (Wildman–Crippen LogP) is 3.29. The van der Waals surface area contributed by atoms with Gasteiger partial charge in [-0.1, -0.05) is 45.4 Å². The number of hydrogen-bond donors (Lipinski definition) is 1. The number of amides is 1. The zero-order valence-corrected chi connectivity index (χ0v) is 12.7. The second-order valence-electron chi connectivity index (χ2n) is 6.37. The van der Waals surface area contributed by atoms with Crippen LogP contribution in [0.2, 0.25) is 0 Å². The molecule has 1 amide bonds. The molecule has 1 saturated heterocycles. The second kappa shape index (κ2) is 7.28. The summed E-state index contributed by atoms with van der Waals surface area (Å²) < 4.78 is 0. The molecule has 2 aliphatic rings. The van der Waals surface area contributed by atoms with Crippen LogP contribution < -0.4 is 5.32 Å². The fourth-order valence-corrected chi connectivity index (χ4v) is 3.73. The van der Waals surface area contributed by atoms with Crippen LogP contribution in [-0.2, 0) is 4.79 Å². The zero-order chi connectivity index (χ0) is 13.7. The fourth-order valence-electron chi connectivity index (χ4n) is 3.73. The lowest BCUT2D eigenvalue weighted by Gasteiger charge is -2.34. The van der Waals surface area contributed by atoms with Crippen LogP contribution in [0.5, 0.6) is 0 Å². The summed E-state index contributed by atoms with van der Waals surface area (Å²) in [6.07, 6.45) is 11.9. The van der Waals surface area contributed by atoms with E-state index in [1.807, 2.05) is 0 Å². The van der Waals surface area contributed by atoms with E-state index in [-0.39, 0.29) is 0 Å². The molecule has 1 N–H and O–H groups in total. The van der Waals surface area contributed by atoms with E-state index in [9.17, 15) is 4.79 Å². The van der Waals surface area contributed by atoms with Gasteiger partial charge in [0.1, 0.15) is 0 Å². The van der Waals surface area contributed by atoms with Crippen molar-refractivity contribution in [1.82, 2.24) is 10.2 Å². The first-order valence-corrected chi connectivity index (χ1v) is 8.28. The summed E-state index contributed by atoms with van der Waals surface area (Å²) in [5, 5.41) is 3.46. The van der Waals surface area contributed by atoms with Crippen LogP contribution in [0, 0.1) is 5.92 Å². The molecule has 3 nitrogen and oxygen atoms in total. The summed E-state index contributed by atoms with van der Waals surface area (Å²) in [6, 6.07) is 0.407. The molecule has 19 heavy (non-hydrogen) atoms. The van der Waals surface area contributed by atoms with E-state index in [1.165, 1.54) is 51.4 Å². The molecular weight excluding hydrogens is 236 g/mol. The van der Waals surface area contributed by atoms with E-state index in [2.05, 4.69) is 24.1 Å². The third-order valence-electron chi connectivity index (χ3n) is 4.85. The first kappa shape index (κ1) is 14.8. The molecular formula is C16H30N2O. The summed E-state index contributed by atoms with van der Waals surface area (Å²) in [6.45, 7) is 5.03. The van der Waals surface area contributed by atoms with Crippen molar-refractivity contribution >= 4 is 5.91 Å². The molecule has 2 rings (SSSR count). The minimum atomic E-state index is 0.319. The van der Waals surface area contributed by atoms with Gasteiger partial charge in [0.25, 0.3) is 0 Å². The summed E-state index contributed by atoms with van der Waals surface area (Å²) in [5.74, 6) is 1.02. The van der Waals surface area contributed by atoms with Crippen molar-refractivity contribution in [3.8, 4) is 0 Å². The Morgan fingerprint density at radius 1 is 1.26 bits per heavy atom. The van der Waals surface area contributed by atoms with Crippen LogP contribution in [0.4, 0.5) is 0 Å². The van der Waals surface area contributed by atoms with Gasteiger partial charge in [-0.2, -0.15) is 0 Å². The molecule has 2 unspecified atom stereocenters. The van der Waals surface area contributed by atoms with Crippen molar-refractivity contribution in [2.45, 2.75) is 83.8 Å². The molecule has 0 aromatic rings. The Bertz CT molecular complexity index is 286. The van der Waals surface area contributed by atoms with Gasteiger partial charge in [0.2, 0.25) is 5.91 Å². The van der Waals surface area contributed by atoms with Gasteiger partial charge in [-0.05, 0) is 32.1 Å². The third kappa shape index (κ3) is 3.71. The Balaban J connectivity index is 1.85. The molecule has 2 atom stereocenters. The zero-order valence-electron chi connectivity index (χ0n) is 12.7. The van der Waals surface area contributed by atoms with Crippen molar-refractivity contribution in [1.29, 1.82) is 0 Å². The highest BCUT2D eigenvalue weighted by molar-refractivity contribution is 5.81. The van der Waals surface area contributed by atoms with Gasteiger partial charge in [0, 0.05) is 6.04 Å². The molecule has 0 bridgehead atoms. The number of nitrogens with zero attached hydrogens (tertiary/aromatic N) is 1. The molecule has 3 heteroatoms. The van der Waals surface area contributed by atoms with Gasteiger partial charge in [0.15, 0.2) is 0 Å². The average molecular weight is 266 g/mol. The van der Waals surface area contributed by atoms with Crippen molar-refractivity contribution < 1.29 is 4.79 Å². The van der Waals surface area contributed by atoms with Crippen LogP contribution >= 0.6 is 0 Å². The monoisotopic (exact) mass is 266 g/mol. The Morgan fingerprint density at radius 3 is 2.68 bits per heavy atom. The minimum absolute atomic E-state index is 0.319. The van der Waals surface area contributed by atoms with Crippen LogP contribution in [0.25, 0.3) is 0 Å². The van der Waals surface area contributed by atoms with Gasteiger partial charge in [0.05, 0.1) is 12.7 Å². The molecule has 110 valence electrons. The van der Waals surface area contributed by atoms with E-state index >= 15 is 0 Å². The molecule has 0 aromatic heterocycles. The topological polar surface area (TPSA) is 32.3 Å². The average Bonchev–Trinajstić information content (AvgIpc) is 3.03. The van der Waals surface area contributed by atoms with Crippen LogP contribution in [0.3, 0.4) is 0 Å². The van der Waals surface area contributed by atoms with E-state index in [4.69, 9.17) is 0 Å². The molecule has 1 heterocycles. The normalized spacial score (nSPS) is 26.3. The van der Waals surface area contributed by atoms with E-state index < -0.39 is 0 Å². The Hall–Kier alpha value is -0.570. The van der Waals surface area contributed by atoms with Gasteiger partial charge < -0.3 is 4.90 Å². The first-order chi connectivity index (χ1) is 9.24. The highest BCUT2D eigenvalue weighted by Crippen LogP contribution is 2.32. The minimum Gasteiger partial charge on any atom is -0.323 e. The maximum Gasteiger partial charge on any atom is 0.238 e. The van der Waals surface area contributed by atoms with Crippen LogP contribution in [-0.4, -0.2) is 29.6 Å². The van der Waals surface area contributed by atoms with Gasteiger partial charge >= 0.3 is 0 Å². The number of rotatable bonds is 7. The Kier molecular flexibility index (Phi) is 5.68. The van der Waals surface area contributed by atoms with Gasteiger partial charge in [-0.25, -0.2) is 0 Å². The maximum atomic E-state index is 12.1. The number of nitrogens with one attached hydrogen (secondary N) is 1. The molecule has 0 spiro atoms. The quantitative estimate of drug-likeness (QED) is 0.717. The maximum absolute atomic E-state index is 12.1. The fraction of sp³-hybridized carbons (Fsp3) is 0.938. The molecule has 0 radical (unpaired) electrons. The Morgan fingerprint density at radius 2 is 2.00 bits per heavy atom. The predicted molar refractivity (Wildman–Crippen MR) is 78.8 cm³/mol. The summed E-state index contributed by atoms with van der Waals surface area (Å²) in [4.78, 5) is 14.3. The SMILES string of the molecule is CCCCCCC(C)N1C(=O)CNC1C1CCCC1. The van der Waals surface area contributed by atoms with Crippen molar-refractivity contribution in [3.05, 3.63) is 0 Å². The van der Waals surface area contributed by atoms with Crippen molar-refractivity contribution in [2.75, 3.05) is 6.54 Å². The molecule has 1 saturated carbocycles. The molecule has 0 aromatic carbocycles. The lowest BCUT2D eigenvalue weighted by molar-refractivity contribution is -0.130. The second-order valence-corrected chi connectivity index (χ2v) is 6.37. The smallest absolute Gasteiger partial charge is 0.238 e. The van der Waals surface area contributed by atoms with Crippen LogP contribution in [0.15, 0.2) is 0 Å². The highest BCUT2D eigenvalue weighted by atomic mass is 16.2. The van der Waals surface area contributed by atoms with E-state index in [0.29, 0.717) is 30.6 Å². The lowest BCUT2D eigenvalue weighted by atomic mass is 10.0. The van der Waals surface area contributed by atoms with E-state index in [1.54, 1.807) is 0 Å². The highest BCUT2D eigenvalue weighted by Gasteiger charge is 2.39. The van der Waals surface area contributed by atoms with E-state index in [0.717, 1.165) is 6.42 Å². The van der Waals surface area contributed by atoms with Gasteiger partial charge in [-0.15, -0.1) is 0 Å². The molecule has 1 aliphatic heterocycles. The number of unbranched alkanes of at least 4 members (excludes halogenated alkanes) is 3. The lowest BCUT2D eigenvalue weighted by Crippen LogP contribution is -2.47. The summed E-state index contributed by atoms with van der Waals surface area (Å²) >= 11 is 0. The number of carbonyl (C=O) groups excluding carboxylic acids is 1. The third-order valence-corrected chi connectivity index (χ3v) is 4.85. The largest absolute Gasteiger partial charge is 0.323 e. The first-order valence-electron chi connectivity index (χ1n) is 8.28. The Labute approximate surface area is 118 Å². The van der Waals surface area contributed by atoms with Crippen molar-refractivity contribution in [2.24, 2.45) is 5.92 Å². The summed E-state index contributed by atoms with van der Waals surface area (Å²) in [5.41, 5.74) is 0. The molecule has 2 fully saturated rings. The standard InChI is InChI=1S/C16H30N2O/c1-3-4-5-6-9-13(2)18-15(19)12-17-16(18)14-10-7-8-11-14/h13-14,16-17H,3-12H2,1-2H3. The number of hydrogen-bond acceptors (Lipinski definition) is 2. The number of carbonyl (C=O) groups is 1. The van der Waals surface area contributed by atoms with Crippen LogP contribution in [0.1, 0.15) is 71.6 Å². The van der Waals surface area contributed by atoms with Crippen molar-refractivity contribution in [3.63, 3.8) is 0 Å².